The highest BCUT2D eigenvalue weighted by molar-refractivity contribution is 8.00. The molecule has 136 valence electrons. The van der Waals surface area contributed by atoms with E-state index < -0.39 is 50.1 Å². The predicted octanol–water partition coefficient (Wildman–Crippen LogP) is 5.70. The first-order chi connectivity index (χ1) is 11.4. The Balaban J connectivity index is 2.63. The van der Waals surface area contributed by atoms with Gasteiger partial charge in [-0.1, -0.05) is 69.6 Å². The van der Waals surface area contributed by atoms with Crippen LogP contribution in [0.25, 0.3) is 0 Å². The minimum Gasteiger partial charge on any atom is -0.193 e. The zero-order valence-corrected chi connectivity index (χ0v) is 17.6. The van der Waals surface area contributed by atoms with Crippen LogP contribution in [0, 0.1) is 0 Å². The summed E-state index contributed by atoms with van der Waals surface area (Å²) in [6.07, 6.45) is 0. The summed E-state index contributed by atoms with van der Waals surface area (Å²) in [4.78, 5) is -1.64. The smallest absolute Gasteiger partial charge is 0.193 e. The molecule has 0 aliphatic heterocycles. The molecule has 0 saturated carbocycles. The van der Waals surface area contributed by atoms with Crippen molar-refractivity contribution in [2.24, 2.45) is 0 Å². The summed E-state index contributed by atoms with van der Waals surface area (Å²) in [5.74, 6) is 0. The summed E-state index contributed by atoms with van der Waals surface area (Å²) >= 11 is 34.6. The lowest BCUT2D eigenvalue weighted by molar-refractivity contribution is 0.462. The quantitative estimate of drug-likeness (QED) is 0.499. The van der Waals surface area contributed by atoms with Gasteiger partial charge in [-0.15, -0.1) is 3.63 Å². The molecule has 2 rings (SSSR count). The van der Waals surface area contributed by atoms with E-state index in [1.54, 1.807) is 0 Å². The third-order valence-corrected chi connectivity index (χ3v) is 8.65. The average Bonchev–Trinajstić information content (AvgIpc) is 2.46. The van der Waals surface area contributed by atoms with Crippen molar-refractivity contribution in [3.63, 3.8) is 0 Å². The zero-order valence-electron chi connectivity index (χ0n) is 11.4. The SMILES string of the molecule is O=S(=O)(OS(=O)(=O)c1c(Cl)ccc(Cl)c1Cl)c1c(Cl)ccc(Cl)c1Cl. The van der Waals surface area contributed by atoms with Crippen molar-refractivity contribution in [3.05, 3.63) is 54.4 Å². The van der Waals surface area contributed by atoms with Gasteiger partial charge in [0, 0.05) is 0 Å². The molecule has 13 heteroatoms. The van der Waals surface area contributed by atoms with Gasteiger partial charge in [-0.05, 0) is 24.3 Å². The highest BCUT2D eigenvalue weighted by Crippen LogP contribution is 2.40. The van der Waals surface area contributed by atoms with E-state index in [2.05, 4.69) is 3.63 Å². The van der Waals surface area contributed by atoms with Gasteiger partial charge in [-0.2, -0.15) is 16.8 Å². The van der Waals surface area contributed by atoms with Gasteiger partial charge in [0.25, 0.3) is 0 Å². The van der Waals surface area contributed by atoms with Crippen molar-refractivity contribution in [3.8, 4) is 0 Å². The Labute approximate surface area is 173 Å². The second-order valence-electron chi connectivity index (χ2n) is 4.32. The molecule has 0 N–H and O–H groups in total. The molecule has 0 atom stereocenters. The van der Waals surface area contributed by atoms with E-state index in [0.29, 0.717) is 0 Å². The number of rotatable bonds is 4. The summed E-state index contributed by atoms with van der Waals surface area (Å²) in [6, 6.07) is 4.67. The molecule has 0 saturated heterocycles. The van der Waals surface area contributed by atoms with Crippen LogP contribution in [0.3, 0.4) is 0 Å². The van der Waals surface area contributed by atoms with Gasteiger partial charge in [-0.25, -0.2) is 0 Å². The second kappa shape index (κ2) is 7.58. The summed E-state index contributed by atoms with van der Waals surface area (Å²) in [5.41, 5.74) is 0. The summed E-state index contributed by atoms with van der Waals surface area (Å²) in [5, 5.41) is -2.16. The fourth-order valence-electron chi connectivity index (χ4n) is 1.66. The zero-order chi connectivity index (χ0) is 19.2. The molecular formula is C12H4Cl6O5S2. The molecule has 0 bridgehead atoms. The lowest BCUT2D eigenvalue weighted by atomic mass is 10.4. The lowest BCUT2D eigenvalue weighted by Gasteiger charge is -2.12. The van der Waals surface area contributed by atoms with Gasteiger partial charge in [0.2, 0.25) is 0 Å². The van der Waals surface area contributed by atoms with E-state index in [1.165, 1.54) is 12.1 Å². The Hall–Kier alpha value is 0.0400. The molecular weight excluding hydrogens is 501 g/mol. The highest BCUT2D eigenvalue weighted by Gasteiger charge is 2.34. The molecule has 0 unspecified atom stereocenters. The number of benzene rings is 2. The van der Waals surface area contributed by atoms with Crippen LogP contribution in [0.2, 0.25) is 30.1 Å². The minimum absolute atomic E-state index is 0.176. The van der Waals surface area contributed by atoms with Crippen LogP contribution < -0.4 is 0 Å². The van der Waals surface area contributed by atoms with E-state index >= 15 is 0 Å². The second-order valence-corrected chi connectivity index (χ2v) is 9.88. The fourth-order valence-corrected chi connectivity index (χ4v) is 6.72. The van der Waals surface area contributed by atoms with E-state index in [-0.39, 0.29) is 10.0 Å². The molecule has 0 heterocycles. The van der Waals surface area contributed by atoms with Crippen LogP contribution in [0.5, 0.6) is 0 Å². The number of hydrogen-bond donors (Lipinski definition) is 0. The maximum absolute atomic E-state index is 12.4. The van der Waals surface area contributed by atoms with Crippen molar-refractivity contribution in [2.45, 2.75) is 9.79 Å². The van der Waals surface area contributed by atoms with Crippen molar-refractivity contribution in [1.82, 2.24) is 0 Å². The first-order valence-corrected chi connectivity index (χ1v) is 10.9. The summed E-state index contributed by atoms with van der Waals surface area (Å²) in [7, 11) is -9.99. The third-order valence-electron chi connectivity index (χ3n) is 2.68. The first-order valence-electron chi connectivity index (χ1n) is 5.86. The third kappa shape index (κ3) is 4.31. The molecule has 2 aromatic rings. The van der Waals surface area contributed by atoms with Crippen molar-refractivity contribution < 1.29 is 20.5 Å². The van der Waals surface area contributed by atoms with E-state index in [9.17, 15) is 16.8 Å². The molecule has 0 aliphatic carbocycles. The molecule has 0 spiro atoms. The largest absolute Gasteiger partial charge is 0.314 e. The van der Waals surface area contributed by atoms with Crippen LogP contribution >= 0.6 is 69.6 Å². The van der Waals surface area contributed by atoms with E-state index in [1.807, 2.05) is 0 Å². The molecule has 2 aromatic carbocycles. The molecule has 0 radical (unpaired) electrons. The van der Waals surface area contributed by atoms with Crippen LogP contribution in [0.15, 0.2) is 34.1 Å². The van der Waals surface area contributed by atoms with Crippen LogP contribution in [-0.4, -0.2) is 16.8 Å². The first kappa shape index (κ1) is 21.3. The van der Waals surface area contributed by atoms with Gasteiger partial charge in [-0.3, -0.25) is 0 Å². The highest BCUT2D eigenvalue weighted by atomic mass is 35.5. The van der Waals surface area contributed by atoms with E-state index in [4.69, 9.17) is 69.6 Å². The van der Waals surface area contributed by atoms with Crippen molar-refractivity contribution in [2.75, 3.05) is 0 Å². The predicted molar refractivity (Wildman–Crippen MR) is 98.4 cm³/mol. The number of hydrogen-bond acceptors (Lipinski definition) is 5. The molecule has 0 amide bonds. The van der Waals surface area contributed by atoms with Gasteiger partial charge >= 0.3 is 20.2 Å². The number of halogens is 6. The van der Waals surface area contributed by atoms with Crippen LogP contribution in [-0.2, 0) is 23.9 Å². The van der Waals surface area contributed by atoms with Crippen LogP contribution in [0.4, 0.5) is 0 Å². The maximum atomic E-state index is 12.4. The lowest BCUT2D eigenvalue weighted by Crippen LogP contribution is -2.16. The molecule has 0 fully saturated rings. The summed E-state index contributed by atoms with van der Waals surface area (Å²) in [6.45, 7) is 0. The van der Waals surface area contributed by atoms with Gasteiger partial charge in [0.05, 0.1) is 30.1 Å². The Morgan fingerprint density at radius 1 is 0.560 bits per heavy atom. The topological polar surface area (TPSA) is 77.5 Å². The van der Waals surface area contributed by atoms with Crippen LogP contribution in [0.1, 0.15) is 0 Å². The Bertz CT molecular complexity index is 980. The fraction of sp³-hybridized carbons (Fsp3) is 0. The molecule has 5 nitrogen and oxygen atoms in total. The Morgan fingerprint density at radius 3 is 1.16 bits per heavy atom. The van der Waals surface area contributed by atoms with Crippen molar-refractivity contribution >= 4 is 89.8 Å². The molecule has 0 aromatic heterocycles. The van der Waals surface area contributed by atoms with Gasteiger partial charge in [0.15, 0.2) is 0 Å². The van der Waals surface area contributed by atoms with Gasteiger partial charge in [0.1, 0.15) is 9.79 Å². The average molecular weight is 505 g/mol. The van der Waals surface area contributed by atoms with Gasteiger partial charge < -0.3 is 0 Å². The standard InChI is InChI=1S/C12H4Cl6O5S2/c13-5-1-3-7(15)11(9(5)17)24(19,20)23-25(21,22)12-8(16)4-2-6(14)10(12)18/h1-4H. The Kier molecular flexibility index (Phi) is 6.47. The maximum Gasteiger partial charge on any atom is 0.314 e. The summed E-state index contributed by atoms with van der Waals surface area (Å²) < 4.78 is 53.8. The molecule has 25 heavy (non-hydrogen) atoms. The molecule has 0 aliphatic rings. The Morgan fingerprint density at radius 2 is 0.840 bits per heavy atom. The normalized spacial score (nSPS) is 12.4. The van der Waals surface area contributed by atoms with E-state index in [0.717, 1.165) is 12.1 Å². The monoisotopic (exact) mass is 502 g/mol. The van der Waals surface area contributed by atoms with Crippen molar-refractivity contribution in [1.29, 1.82) is 0 Å². The minimum atomic E-state index is -4.99.